The van der Waals surface area contributed by atoms with Gasteiger partial charge in [0.05, 0.1) is 11.3 Å². The average Bonchev–Trinajstić information content (AvgIpc) is 2.71. The molecule has 106 valence electrons. The lowest BCUT2D eigenvalue weighted by molar-refractivity contribution is -0.114. The van der Waals surface area contributed by atoms with E-state index in [0.717, 1.165) is 4.47 Å². The van der Waals surface area contributed by atoms with Gasteiger partial charge in [0.2, 0.25) is 0 Å². The van der Waals surface area contributed by atoms with Crippen LogP contribution in [0.2, 0.25) is 0 Å². The average molecular weight is 347 g/mol. The molecule has 21 heavy (non-hydrogen) atoms. The molecule has 3 rings (SSSR count). The predicted octanol–water partition coefficient (Wildman–Crippen LogP) is 1.84. The highest BCUT2D eigenvalue weighted by Gasteiger charge is 2.35. The zero-order chi connectivity index (χ0) is 15.0. The summed E-state index contributed by atoms with van der Waals surface area (Å²) in [7, 11) is 0. The summed E-state index contributed by atoms with van der Waals surface area (Å²) in [5.41, 5.74) is 0.860. The van der Waals surface area contributed by atoms with Crippen molar-refractivity contribution in [3.05, 3.63) is 63.0 Å². The molecule has 0 N–H and O–H groups in total. The number of nitrogens with zero attached hydrogens (tertiary/aromatic N) is 2. The SMILES string of the molecule is O=C1C(=O)N(CCn2ccccc2=O)c2ccc(Br)cc21. The molecule has 0 saturated heterocycles. The normalized spacial score (nSPS) is 13.7. The molecule has 1 aliphatic heterocycles. The Morgan fingerprint density at radius 3 is 2.57 bits per heavy atom. The van der Waals surface area contributed by atoms with Crippen LogP contribution in [0.3, 0.4) is 0 Å². The number of hydrogen-bond donors (Lipinski definition) is 0. The van der Waals surface area contributed by atoms with Crippen molar-refractivity contribution in [2.75, 3.05) is 11.4 Å². The van der Waals surface area contributed by atoms with Crippen molar-refractivity contribution in [3.63, 3.8) is 0 Å². The molecule has 0 atom stereocenters. The Hall–Kier alpha value is -2.21. The minimum absolute atomic E-state index is 0.133. The number of Topliss-reactive ketones (excluding diaryl/α,β-unsaturated/α-hetero) is 1. The highest BCUT2D eigenvalue weighted by atomic mass is 79.9. The monoisotopic (exact) mass is 346 g/mol. The van der Waals surface area contributed by atoms with Gasteiger partial charge in [0.25, 0.3) is 17.2 Å². The molecule has 2 aromatic rings. The molecule has 1 aromatic heterocycles. The fourth-order valence-electron chi connectivity index (χ4n) is 2.35. The zero-order valence-corrected chi connectivity index (χ0v) is 12.5. The van der Waals surface area contributed by atoms with Gasteiger partial charge in [-0.05, 0) is 24.3 Å². The number of carbonyl (C=O) groups is 2. The van der Waals surface area contributed by atoms with Crippen molar-refractivity contribution < 1.29 is 9.59 Å². The molecule has 0 aliphatic carbocycles. The number of amides is 1. The largest absolute Gasteiger partial charge is 0.314 e. The highest BCUT2D eigenvalue weighted by molar-refractivity contribution is 9.10. The lowest BCUT2D eigenvalue weighted by atomic mass is 10.1. The number of pyridine rings is 1. The predicted molar refractivity (Wildman–Crippen MR) is 81.5 cm³/mol. The van der Waals surface area contributed by atoms with Gasteiger partial charge in [-0.3, -0.25) is 14.4 Å². The molecule has 0 saturated carbocycles. The standard InChI is InChI=1S/C15H11BrN2O3/c16-10-4-5-12-11(9-10)14(20)15(21)18(12)8-7-17-6-2-1-3-13(17)19/h1-6,9H,7-8H2. The first-order valence-electron chi connectivity index (χ1n) is 6.39. The van der Waals surface area contributed by atoms with Crippen LogP contribution in [-0.2, 0) is 11.3 Å². The molecule has 1 amide bonds. The van der Waals surface area contributed by atoms with Crippen LogP contribution in [-0.4, -0.2) is 22.8 Å². The number of benzene rings is 1. The van der Waals surface area contributed by atoms with Crippen LogP contribution in [0.1, 0.15) is 10.4 Å². The lowest BCUT2D eigenvalue weighted by Crippen LogP contribution is -2.34. The van der Waals surface area contributed by atoms with Crippen LogP contribution in [0.15, 0.2) is 51.9 Å². The molecule has 0 bridgehead atoms. The Bertz CT molecular complexity index is 798. The van der Waals surface area contributed by atoms with E-state index in [4.69, 9.17) is 0 Å². The fourth-order valence-corrected chi connectivity index (χ4v) is 2.71. The van der Waals surface area contributed by atoms with E-state index in [1.165, 1.54) is 15.5 Å². The molecule has 0 spiro atoms. The second-order valence-electron chi connectivity index (χ2n) is 4.68. The van der Waals surface area contributed by atoms with Crippen LogP contribution in [0.4, 0.5) is 5.69 Å². The fraction of sp³-hybridized carbons (Fsp3) is 0.133. The van der Waals surface area contributed by atoms with Crippen molar-refractivity contribution in [1.82, 2.24) is 4.57 Å². The summed E-state index contributed by atoms with van der Waals surface area (Å²) in [5, 5.41) is 0. The summed E-state index contributed by atoms with van der Waals surface area (Å²) in [4.78, 5) is 37.1. The summed E-state index contributed by atoms with van der Waals surface area (Å²) >= 11 is 3.29. The smallest absolute Gasteiger partial charge is 0.299 e. The first-order chi connectivity index (χ1) is 10.1. The molecule has 0 radical (unpaired) electrons. The van der Waals surface area contributed by atoms with Crippen molar-refractivity contribution in [2.45, 2.75) is 6.54 Å². The van der Waals surface area contributed by atoms with E-state index < -0.39 is 11.7 Å². The van der Waals surface area contributed by atoms with Gasteiger partial charge in [-0.15, -0.1) is 0 Å². The van der Waals surface area contributed by atoms with Crippen molar-refractivity contribution in [2.24, 2.45) is 0 Å². The van der Waals surface area contributed by atoms with Crippen LogP contribution < -0.4 is 10.5 Å². The Kier molecular flexibility index (Phi) is 3.47. The van der Waals surface area contributed by atoms with Gasteiger partial charge in [-0.1, -0.05) is 22.0 Å². The maximum atomic E-state index is 12.1. The topological polar surface area (TPSA) is 59.4 Å². The molecular weight excluding hydrogens is 336 g/mol. The zero-order valence-electron chi connectivity index (χ0n) is 11.0. The van der Waals surface area contributed by atoms with E-state index in [1.807, 2.05) is 0 Å². The third kappa shape index (κ3) is 2.42. The van der Waals surface area contributed by atoms with E-state index in [9.17, 15) is 14.4 Å². The van der Waals surface area contributed by atoms with Crippen molar-refractivity contribution in [3.8, 4) is 0 Å². The quantitative estimate of drug-likeness (QED) is 0.796. The minimum atomic E-state index is -0.549. The second-order valence-corrected chi connectivity index (χ2v) is 5.60. The Morgan fingerprint density at radius 1 is 1.00 bits per heavy atom. The molecule has 2 heterocycles. The molecule has 0 unspecified atom stereocenters. The Balaban J connectivity index is 1.87. The number of aromatic nitrogens is 1. The first-order valence-corrected chi connectivity index (χ1v) is 7.18. The number of carbonyl (C=O) groups excluding carboxylic acids is 2. The van der Waals surface area contributed by atoms with Gasteiger partial charge in [-0.2, -0.15) is 0 Å². The molecule has 6 heteroatoms. The van der Waals surface area contributed by atoms with E-state index in [0.29, 0.717) is 17.8 Å². The summed E-state index contributed by atoms with van der Waals surface area (Å²) in [6.07, 6.45) is 1.66. The number of rotatable bonds is 3. The number of fused-ring (bicyclic) bond motifs is 1. The number of halogens is 1. The minimum Gasteiger partial charge on any atom is -0.314 e. The van der Waals surface area contributed by atoms with Gasteiger partial charge in [0.1, 0.15) is 0 Å². The number of hydrogen-bond acceptors (Lipinski definition) is 3. The Labute approximate surface area is 128 Å². The summed E-state index contributed by atoms with van der Waals surface area (Å²) in [6.45, 7) is 0.622. The first kappa shape index (κ1) is 13.8. The van der Waals surface area contributed by atoms with Crippen LogP contribution in [0.5, 0.6) is 0 Å². The van der Waals surface area contributed by atoms with Gasteiger partial charge >= 0.3 is 0 Å². The van der Waals surface area contributed by atoms with E-state index in [-0.39, 0.29) is 12.1 Å². The maximum Gasteiger partial charge on any atom is 0.299 e. The van der Waals surface area contributed by atoms with E-state index in [2.05, 4.69) is 15.9 Å². The third-order valence-corrected chi connectivity index (χ3v) is 3.89. The second kappa shape index (κ2) is 5.29. The van der Waals surface area contributed by atoms with E-state index in [1.54, 1.807) is 36.5 Å². The van der Waals surface area contributed by atoms with Crippen molar-refractivity contribution in [1.29, 1.82) is 0 Å². The number of anilines is 1. The third-order valence-electron chi connectivity index (χ3n) is 3.40. The maximum absolute atomic E-state index is 12.1. The van der Waals surface area contributed by atoms with Crippen molar-refractivity contribution >= 4 is 33.3 Å². The van der Waals surface area contributed by atoms with Gasteiger partial charge < -0.3 is 9.47 Å². The van der Waals surface area contributed by atoms with Gasteiger partial charge in [-0.25, -0.2) is 0 Å². The van der Waals surface area contributed by atoms with E-state index >= 15 is 0 Å². The molecular formula is C15H11BrN2O3. The van der Waals surface area contributed by atoms with Crippen LogP contribution >= 0.6 is 15.9 Å². The summed E-state index contributed by atoms with van der Waals surface area (Å²) < 4.78 is 2.26. The summed E-state index contributed by atoms with van der Waals surface area (Å²) in [6, 6.07) is 10.0. The summed E-state index contributed by atoms with van der Waals surface area (Å²) in [5.74, 6) is -1.06. The number of ketones is 1. The Morgan fingerprint density at radius 2 is 1.81 bits per heavy atom. The van der Waals surface area contributed by atoms with Gasteiger partial charge in [0.15, 0.2) is 0 Å². The molecule has 0 fully saturated rings. The molecule has 1 aliphatic rings. The van der Waals surface area contributed by atoms with Crippen LogP contribution in [0.25, 0.3) is 0 Å². The highest BCUT2D eigenvalue weighted by Crippen LogP contribution is 2.31. The molecule has 5 nitrogen and oxygen atoms in total. The van der Waals surface area contributed by atoms with Gasteiger partial charge in [0, 0.05) is 29.8 Å². The molecule has 1 aromatic carbocycles. The lowest BCUT2D eigenvalue weighted by Gasteiger charge is -2.17. The van der Waals surface area contributed by atoms with Crippen LogP contribution in [0, 0.1) is 0 Å².